The van der Waals surface area contributed by atoms with Crippen LogP contribution in [-0.4, -0.2) is 32.8 Å². The van der Waals surface area contributed by atoms with E-state index in [-0.39, 0.29) is 6.10 Å². The number of anilines is 1. The van der Waals surface area contributed by atoms with E-state index in [1.165, 1.54) is 5.69 Å². The second kappa shape index (κ2) is 7.27. The molecule has 18 heavy (non-hydrogen) atoms. The molecular formula is C15H26N2O. The summed E-state index contributed by atoms with van der Waals surface area (Å²) in [4.78, 5) is 2.08. The third kappa shape index (κ3) is 4.96. The van der Waals surface area contributed by atoms with Crippen LogP contribution in [0.1, 0.15) is 27.2 Å². The topological polar surface area (TPSA) is 24.5 Å². The van der Waals surface area contributed by atoms with E-state index in [1.54, 1.807) is 0 Å². The largest absolute Gasteiger partial charge is 0.489 e. The highest BCUT2D eigenvalue weighted by molar-refractivity contribution is 5.49. The average molecular weight is 250 g/mol. The fraction of sp³-hybridized carbons (Fsp3) is 0.600. The molecule has 1 aromatic rings. The molecule has 0 saturated carbocycles. The van der Waals surface area contributed by atoms with Crippen molar-refractivity contribution >= 4 is 5.69 Å². The first-order valence-corrected chi connectivity index (χ1v) is 6.70. The van der Waals surface area contributed by atoms with Gasteiger partial charge in [-0.1, -0.05) is 26.8 Å². The number of hydrogen-bond donors (Lipinski definition) is 1. The predicted molar refractivity (Wildman–Crippen MR) is 78.6 cm³/mol. The Labute approximate surface area is 111 Å². The first kappa shape index (κ1) is 14.8. The molecule has 0 aliphatic carbocycles. The van der Waals surface area contributed by atoms with Gasteiger partial charge in [0.15, 0.2) is 0 Å². The Morgan fingerprint density at radius 2 is 2.00 bits per heavy atom. The Morgan fingerprint density at radius 1 is 1.28 bits per heavy atom. The van der Waals surface area contributed by atoms with Gasteiger partial charge in [-0.25, -0.2) is 0 Å². The van der Waals surface area contributed by atoms with Crippen molar-refractivity contribution in [2.75, 3.05) is 25.5 Å². The van der Waals surface area contributed by atoms with Crippen LogP contribution in [0.15, 0.2) is 24.3 Å². The van der Waals surface area contributed by atoms with Crippen LogP contribution in [0, 0.1) is 0 Å². The lowest BCUT2D eigenvalue weighted by Crippen LogP contribution is -2.34. The van der Waals surface area contributed by atoms with E-state index in [2.05, 4.69) is 43.1 Å². The molecule has 1 atom stereocenters. The summed E-state index contributed by atoms with van der Waals surface area (Å²) in [6.45, 7) is 7.35. The van der Waals surface area contributed by atoms with Crippen LogP contribution in [0.4, 0.5) is 5.69 Å². The summed E-state index contributed by atoms with van der Waals surface area (Å²) in [6, 6.07) is 8.71. The number of benzene rings is 1. The minimum atomic E-state index is 0.227. The van der Waals surface area contributed by atoms with E-state index in [9.17, 15) is 0 Å². The normalized spacial score (nSPS) is 12.6. The summed E-state index contributed by atoms with van der Waals surface area (Å²) in [5.41, 5.74) is 1.17. The molecule has 3 nitrogen and oxygen atoms in total. The van der Waals surface area contributed by atoms with Gasteiger partial charge in [-0.05, 0) is 18.6 Å². The summed E-state index contributed by atoms with van der Waals surface area (Å²) in [5, 5.41) is 3.42. The lowest BCUT2D eigenvalue weighted by molar-refractivity contribution is 0.190. The van der Waals surface area contributed by atoms with Crippen LogP contribution in [0.5, 0.6) is 5.75 Å². The van der Waals surface area contributed by atoms with E-state index in [1.807, 2.05) is 26.2 Å². The van der Waals surface area contributed by atoms with Crippen molar-refractivity contribution in [3.05, 3.63) is 24.3 Å². The lowest BCUT2D eigenvalue weighted by atomic mass is 10.2. The minimum Gasteiger partial charge on any atom is -0.489 e. The number of rotatable bonds is 7. The van der Waals surface area contributed by atoms with Gasteiger partial charge in [0.2, 0.25) is 0 Å². The van der Waals surface area contributed by atoms with Crippen molar-refractivity contribution in [1.82, 2.24) is 5.32 Å². The molecule has 0 spiro atoms. The van der Waals surface area contributed by atoms with Crippen molar-refractivity contribution in [2.24, 2.45) is 0 Å². The summed E-state index contributed by atoms with van der Waals surface area (Å²) < 4.78 is 6.02. The zero-order chi connectivity index (χ0) is 13.5. The van der Waals surface area contributed by atoms with Gasteiger partial charge in [0.25, 0.3) is 0 Å². The second-order valence-corrected chi connectivity index (χ2v) is 5.10. The third-order valence-electron chi connectivity index (χ3n) is 2.85. The standard InChI is InChI=1S/C15H26N2O/c1-6-14(11-16-12(2)3)18-15-9-7-8-13(10-15)17(4)5/h7-10,12,14,16H,6,11H2,1-5H3. The van der Waals surface area contributed by atoms with E-state index in [0.717, 1.165) is 18.7 Å². The molecule has 0 aliphatic heterocycles. The Kier molecular flexibility index (Phi) is 5.99. The molecule has 0 bridgehead atoms. The first-order valence-electron chi connectivity index (χ1n) is 6.70. The second-order valence-electron chi connectivity index (χ2n) is 5.10. The highest BCUT2D eigenvalue weighted by Crippen LogP contribution is 2.20. The molecule has 102 valence electrons. The molecule has 1 rings (SSSR count). The SMILES string of the molecule is CCC(CNC(C)C)Oc1cccc(N(C)C)c1. The van der Waals surface area contributed by atoms with Crippen molar-refractivity contribution in [1.29, 1.82) is 0 Å². The summed E-state index contributed by atoms with van der Waals surface area (Å²) in [7, 11) is 4.08. The van der Waals surface area contributed by atoms with Crippen molar-refractivity contribution in [3.63, 3.8) is 0 Å². The van der Waals surface area contributed by atoms with Gasteiger partial charge in [-0.3, -0.25) is 0 Å². The van der Waals surface area contributed by atoms with Crippen molar-refractivity contribution < 1.29 is 4.74 Å². The first-order chi connectivity index (χ1) is 8.52. The van der Waals surface area contributed by atoms with Crippen LogP contribution in [0.3, 0.4) is 0 Å². The van der Waals surface area contributed by atoms with Crippen LogP contribution in [-0.2, 0) is 0 Å². The molecular weight excluding hydrogens is 224 g/mol. The summed E-state index contributed by atoms with van der Waals surface area (Å²) in [5.74, 6) is 0.943. The highest BCUT2D eigenvalue weighted by Gasteiger charge is 2.09. The number of nitrogens with one attached hydrogen (secondary N) is 1. The van der Waals surface area contributed by atoms with Crippen LogP contribution in [0.2, 0.25) is 0 Å². The zero-order valence-corrected chi connectivity index (χ0v) is 12.2. The van der Waals surface area contributed by atoms with E-state index in [0.29, 0.717) is 6.04 Å². The van der Waals surface area contributed by atoms with Crippen molar-refractivity contribution in [3.8, 4) is 5.75 Å². The van der Waals surface area contributed by atoms with Crippen LogP contribution < -0.4 is 15.0 Å². The van der Waals surface area contributed by atoms with Gasteiger partial charge in [-0.15, -0.1) is 0 Å². The molecule has 0 radical (unpaired) electrons. The quantitative estimate of drug-likeness (QED) is 0.805. The summed E-state index contributed by atoms with van der Waals surface area (Å²) >= 11 is 0. The van der Waals surface area contributed by atoms with Crippen molar-refractivity contribution in [2.45, 2.75) is 39.3 Å². The van der Waals surface area contributed by atoms with E-state index in [4.69, 9.17) is 4.74 Å². The smallest absolute Gasteiger partial charge is 0.121 e. The maximum absolute atomic E-state index is 6.02. The van der Waals surface area contributed by atoms with Gasteiger partial charge >= 0.3 is 0 Å². The molecule has 0 fully saturated rings. The number of ether oxygens (including phenoxy) is 1. The average Bonchev–Trinajstić information content (AvgIpc) is 2.34. The maximum Gasteiger partial charge on any atom is 0.121 e. The molecule has 0 amide bonds. The number of nitrogens with zero attached hydrogens (tertiary/aromatic N) is 1. The molecule has 0 aliphatic rings. The molecule has 1 aromatic carbocycles. The lowest BCUT2D eigenvalue weighted by Gasteiger charge is -2.21. The predicted octanol–water partition coefficient (Wildman–Crippen LogP) is 2.91. The monoisotopic (exact) mass is 250 g/mol. The highest BCUT2D eigenvalue weighted by atomic mass is 16.5. The Bertz CT molecular complexity index is 350. The minimum absolute atomic E-state index is 0.227. The molecule has 0 aromatic heterocycles. The van der Waals surface area contributed by atoms with Crippen LogP contribution in [0.25, 0.3) is 0 Å². The van der Waals surface area contributed by atoms with E-state index >= 15 is 0 Å². The molecule has 0 saturated heterocycles. The summed E-state index contributed by atoms with van der Waals surface area (Å²) in [6.07, 6.45) is 1.23. The number of hydrogen-bond acceptors (Lipinski definition) is 3. The van der Waals surface area contributed by atoms with Gasteiger partial charge in [0.05, 0.1) is 0 Å². The van der Waals surface area contributed by atoms with Gasteiger partial charge in [-0.2, -0.15) is 0 Å². The van der Waals surface area contributed by atoms with Gasteiger partial charge in [0, 0.05) is 38.4 Å². The fourth-order valence-corrected chi connectivity index (χ4v) is 1.66. The maximum atomic E-state index is 6.02. The third-order valence-corrected chi connectivity index (χ3v) is 2.85. The Balaban J connectivity index is 2.61. The Hall–Kier alpha value is -1.22. The fourth-order valence-electron chi connectivity index (χ4n) is 1.66. The van der Waals surface area contributed by atoms with E-state index < -0.39 is 0 Å². The zero-order valence-electron chi connectivity index (χ0n) is 12.2. The Morgan fingerprint density at radius 3 is 2.56 bits per heavy atom. The molecule has 1 unspecified atom stereocenters. The van der Waals surface area contributed by atoms with Crippen LogP contribution >= 0.6 is 0 Å². The molecule has 0 heterocycles. The molecule has 1 N–H and O–H groups in total. The molecule has 3 heteroatoms. The van der Waals surface area contributed by atoms with Gasteiger partial charge in [0.1, 0.15) is 11.9 Å². The van der Waals surface area contributed by atoms with Gasteiger partial charge < -0.3 is 15.0 Å².